The zero-order valence-electron chi connectivity index (χ0n) is 10.1. The molecule has 2 rings (SSSR count). The molecular weight excluding hydrogens is 257 g/mol. The van der Waals surface area contributed by atoms with Gasteiger partial charge in [-0.15, -0.1) is 0 Å². The summed E-state index contributed by atoms with van der Waals surface area (Å²) in [6.07, 6.45) is -3.01. The quantitative estimate of drug-likeness (QED) is 0.802. The lowest BCUT2D eigenvalue weighted by Gasteiger charge is -2.08. The minimum absolute atomic E-state index is 0.0799. The molecule has 2 aromatic rings. The number of Topliss-reactive ketones (excluding diaryl/α,β-unsaturated/α-hetero) is 1. The molecule has 1 aromatic heterocycles. The lowest BCUT2D eigenvalue weighted by molar-refractivity contribution is -0.137. The summed E-state index contributed by atoms with van der Waals surface area (Å²) in [5, 5.41) is 3.85. The maximum Gasteiger partial charge on any atom is 0.416 e. The van der Waals surface area contributed by atoms with E-state index in [9.17, 15) is 18.0 Å². The number of nitrogens with zero attached hydrogens (tertiary/aromatic N) is 2. The van der Waals surface area contributed by atoms with Crippen LogP contribution >= 0.6 is 0 Å². The first-order chi connectivity index (χ1) is 8.88. The number of hydrogen-bond donors (Lipinski definition) is 0. The summed E-state index contributed by atoms with van der Waals surface area (Å²) in [6.45, 7) is 0. The molecule has 0 aliphatic heterocycles. The second-order valence-corrected chi connectivity index (χ2v) is 4.14. The Balaban J connectivity index is 2.21. The SMILES string of the molecule is Cn1nccc1C(=O)Cc1cccc(C(F)(F)F)c1. The molecule has 0 saturated heterocycles. The minimum atomic E-state index is -4.40. The standard InChI is InChI=1S/C13H11F3N2O/c1-18-11(5-6-17-18)12(19)8-9-3-2-4-10(7-9)13(14,15)16/h2-7H,8H2,1H3. The van der Waals surface area contributed by atoms with Crippen LogP contribution in [0.25, 0.3) is 0 Å². The summed E-state index contributed by atoms with van der Waals surface area (Å²) in [4.78, 5) is 11.9. The van der Waals surface area contributed by atoms with Crippen LogP contribution in [0.3, 0.4) is 0 Å². The molecule has 0 aliphatic rings. The first kappa shape index (κ1) is 13.3. The Kier molecular flexibility index (Phi) is 3.42. The zero-order chi connectivity index (χ0) is 14.0. The number of halogens is 3. The molecule has 3 nitrogen and oxygen atoms in total. The van der Waals surface area contributed by atoms with E-state index in [0.29, 0.717) is 11.3 Å². The number of carbonyl (C=O) groups is 1. The molecule has 0 spiro atoms. The van der Waals surface area contributed by atoms with Crippen LogP contribution in [0, 0.1) is 0 Å². The summed E-state index contributed by atoms with van der Waals surface area (Å²) in [6, 6.07) is 6.32. The number of carbonyl (C=O) groups excluding carboxylic acids is 1. The van der Waals surface area contributed by atoms with Crippen LogP contribution in [-0.4, -0.2) is 15.6 Å². The molecule has 0 atom stereocenters. The zero-order valence-corrected chi connectivity index (χ0v) is 10.1. The van der Waals surface area contributed by atoms with Crippen molar-refractivity contribution in [2.75, 3.05) is 0 Å². The Hall–Kier alpha value is -2.11. The van der Waals surface area contributed by atoms with Gasteiger partial charge in [0, 0.05) is 19.7 Å². The number of rotatable bonds is 3. The Morgan fingerprint density at radius 1 is 1.32 bits per heavy atom. The highest BCUT2D eigenvalue weighted by Gasteiger charge is 2.30. The van der Waals surface area contributed by atoms with Crippen LogP contribution in [0.15, 0.2) is 36.5 Å². The van der Waals surface area contributed by atoms with Gasteiger partial charge in [0.1, 0.15) is 5.69 Å². The lowest BCUT2D eigenvalue weighted by atomic mass is 10.0. The van der Waals surface area contributed by atoms with Gasteiger partial charge in [0.15, 0.2) is 5.78 Å². The monoisotopic (exact) mass is 268 g/mol. The molecule has 1 heterocycles. The average Bonchev–Trinajstić information content (AvgIpc) is 2.75. The van der Waals surface area contributed by atoms with E-state index in [-0.39, 0.29) is 12.2 Å². The second-order valence-electron chi connectivity index (χ2n) is 4.14. The van der Waals surface area contributed by atoms with E-state index < -0.39 is 11.7 Å². The maximum absolute atomic E-state index is 12.5. The number of hydrogen-bond acceptors (Lipinski definition) is 2. The molecule has 0 N–H and O–H groups in total. The fourth-order valence-electron chi connectivity index (χ4n) is 1.78. The van der Waals surface area contributed by atoms with Gasteiger partial charge >= 0.3 is 6.18 Å². The van der Waals surface area contributed by atoms with E-state index in [2.05, 4.69) is 5.10 Å². The lowest BCUT2D eigenvalue weighted by Crippen LogP contribution is -2.11. The molecule has 100 valence electrons. The van der Waals surface area contributed by atoms with Crippen molar-refractivity contribution >= 4 is 5.78 Å². The van der Waals surface area contributed by atoms with Crippen LogP contribution in [0.4, 0.5) is 13.2 Å². The Morgan fingerprint density at radius 2 is 2.05 bits per heavy atom. The van der Waals surface area contributed by atoms with Crippen LogP contribution in [0.2, 0.25) is 0 Å². The molecule has 0 fully saturated rings. The van der Waals surface area contributed by atoms with Crippen molar-refractivity contribution in [2.24, 2.45) is 7.05 Å². The third-order valence-electron chi connectivity index (χ3n) is 2.73. The van der Waals surface area contributed by atoms with E-state index in [1.807, 2.05) is 0 Å². The summed E-state index contributed by atoms with van der Waals surface area (Å²) < 4.78 is 39.0. The van der Waals surface area contributed by atoms with Crippen molar-refractivity contribution in [3.8, 4) is 0 Å². The van der Waals surface area contributed by atoms with Crippen LogP contribution < -0.4 is 0 Å². The fourth-order valence-corrected chi connectivity index (χ4v) is 1.78. The molecule has 0 radical (unpaired) electrons. The first-order valence-electron chi connectivity index (χ1n) is 5.55. The predicted molar refractivity (Wildman–Crippen MR) is 62.7 cm³/mol. The molecule has 0 aliphatic carbocycles. The predicted octanol–water partition coefficient (Wildman–Crippen LogP) is 2.86. The Labute approximate surface area is 107 Å². The highest BCUT2D eigenvalue weighted by atomic mass is 19.4. The molecule has 0 amide bonds. The van der Waals surface area contributed by atoms with Crippen LogP contribution in [-0.2, 0) is 19.6 Å². The van der Waals surface area contributed by atoms with Crippen molar-refractivity contribution < 1.29 is 18.0 Å². The highest BCUT2D eigenvalue weighted by Crippen LogP contribution is 2.29. The number of ketones is 1. The Morgan fingerprint density at radius 3 is 2.63 bits per heavy atom. The summed E-state index contributed by atoms with van der Waals surface area (Å²) in [5.41, 5.74) is -0.0405. The van der Waals surface area contributed by atoms with Gasteiger partial charge in [0.2, 0.25) is 0 Å². The molecule has 19 heavy (non-hydrogen) atoms. The largest absolute Gasteiger partial charge is 0.416 e. The molecular formula is C13H11F3N2O. The van der Waals surface area contributed by atoms with Gasteiger partial charge in [0.25, 0.3) is 0 Å². The number of benzene rings is 1. The average molecular weight is 268 g/mol. The molecule has 6 heteroatoms. The fraction of sp³-hybridized carbons (Fsp3) is 0.231. The second kappa shape index (κ2) is 4.87. The van der Waals surface area contributed by atoms with Gasteiger partial charge in [-0.2, -0.15) is 18.3 Å². The summed E-state index contributed by atoms with van der Waals surface area (Å²) in [5.74, 6) is -0.265. The third-order valence-corrected chi connectivity index (χ3v) is 2.73. The normalized spacial score (nSPS) is 11.6. The van der Waals surface area contributed by atoms with Gasteiger partial charge in [-0.25, -0.2) is 0 Å². The summed E-state index contributed by atoms with van der Waals surface area (Å²) in [7, 11) is 1.61. The van der Waals surface area contributed by atoms with E-state index in [1.54, 1.807) is 7.05 Å². The van der Waals surface area contributed by atoms with E-state index in [1.165, 1.54) is 29.1 Å². The third kappa shape index (κ3) is 3.01. The van der Waals surface area contributed by atoms with Crippen molar-refractivity contribution in [2.45, 2.75) is 12.6 Å². The minimum Gasteiger partial charge on any atom is -0.292 e. The van der Waals surface area contributed by atoms with Crippen LogP contribution in [0.5, 0.6) is 0 Å². The van der Waals surface area contributed by atoms with Crippen molar-refractivity contribution in [1.82, 2.24) is 9.78 Å². The number of alkyl halides is 3. The Bertz CT molecular complexity index is 602. The number of aryl methyl sites for hydroxylation is 1. The van der Waals surface area contributed by atoms with Crippen molar-refractivity contribution in [3.63, 3.8) is 0 Å². The molecule has 0 bridgehead atoms. The topological polar surface area (TPSA) is 34.9 Å². The van der Waals surface area contributed by atoms with E-state index >= 15 is 0 Å². The van der Waals surface area contributed by atoms with Gasteiger partial charge in [0.05, 0.1) is 5.56 Å². The maximum atomic E-state index is 12.5. The molecule has 0 saturated carbocycles. The van der Waals surface area contributed by atoms with Gasteiger partial charge < -0.3 is 0 Å². The highest BCUT2D eigenvalue weighted by molar-refractivity contribution is 5.95. The smallest absolute Gasteiger partial charge is 0.292 e. The van der Waals surface area contributed by atoms with E-state index in [0.717, 1.165) is 12.1 Å². The van der Waals surface area contributed by atoms with Gasteiger partial charge in [-0.05, 0) is 17.7 Å². The first-order valence-corrected chi connectivity index (χ1v) is 5.55. The van der Waals surface area contributed by atoms with Gasteiger partial charge in [-0.1, -0.05) is 18.2 Å². The molecule has 1 aromatic carbocycles. The molecule has 0 unspecified atom stereocenters. The number of aromatic nitrogens is 2. The van der Waals surface area contributed by atoms with Gasteiger partial charge in [-0.3, -0.25) is 9.48 Å². The van der Waals surface area contributed by atoms with E-state index in [4.69, 9.17) is 0 Å². The van der Waals surface area contributed by atoms with Crippen molar-refractivity contribution in [1.29, 1.82) is 0 Å². The summed E-state index contributed by atoms with van der Waals surface area (Å²) >= 11 is 0. The van der Waals surface area contributed by atoms with Crippen LogP contribution in [0.1, 0.15) is 21.6 Å². The van der Waals surface area contributed by atoms with Crippen molar-refractivity contribution in [3.05, 3.63) is 53.3 Å².